The molecule has 2 fully saturated rings. The molecule has 1 amide bonds. The average Bonchev–Trinajstić information content (AvgIpc) is 2.74. The fourth-order valence-electron chi connectivity index (χ4n) is 4.13. The molecule has 2 aromatic rings. The first-order chi connectivity index (χ1) is 14.0. The third-order valence-electron chi connectivity index (χ3n) is 5.68. The number of piperidine rings is 1. The largest absolute Gasteiger partial charge is 0.364 e. The minimum atomic E-state index is -0.541. The average molecular weight is 394 g/mol. The molecule has 2 saturated heterocycles. The summed E-state index contributed by atoms with van der Waals surface area (Å²) in [7, 11) is 2.10. The van der Waals surface area contributed by atoms with E-state index in [1.54, 1.807) is 18.5 Å². The first kappa shape index (κ1) is 19.6. The number of fused-ring (bicyclic) bond motifs is 1. The Morgan fingerprint density at radius 2 is 1.93 bits per heavy atom. The van der Waals surface area contributed by atoms with Gasteiger partial charge in [-0.25, -0.2) is 0 Å². The van der Waals surface area contributed by atoms with Crippen molar-refractivity contribution in [1.29, 1.82) is 5.26 Å². The molecule has 3 heterocycles. The summed E-state index contributed by atoms with van der Waals surface area (Å²) in [5.74, 6) is -0.0554. The van der Waals surface area contributed by atoms with Crippen LogP contribution in [-0.4, -0.2) is 72.3 Å². The van der Waals surface area contributed by atoms with Crippen LogP contribution in [0.15, 0.2) is 24.5 Å². The van der Waals surface area contributed by atoms with E-state index in [1.165, 1.54) is 0 Å². The second-order valence-corrected chi connectivity index (χ2v) is 7.92. The van der Waals surface area contributed by atoms with Crippen molar-refractivity contribution in [2.45, 2.75) is 38.0 Å². The highest BCUT2D eigenvalue weighted by Gasteiger charge is 2.33. The molecule has 2 atom stereocenters. The fourth-order valence-corrected chi connectivity index (χ4v) is 4.13. The van der Waals surface area contributed by atoms with Gasteiger partial charge in [-0.15, -0.1) is 0 Å². The molecule has 8 nitrogen and oxygen atoms in total. The van der Waals surface area contributed by atoms with E-state index in [1.807, 2.05) is 13.0 Å². The van der Waals surface area contributed by atoms with E-state index in [-0.39, 0.29) is 18.1 Å². The Morgan fingerprint density at radius 1 is 1.21 bits per heavy atom. The molecule has 4 rings (SSSR count). The molecule has 0 radical (unpaired) electrons. The van der Waals surface area contributed by atoms with E-state index in [0.717, 1.165) is 31.6 Å². The van der Waals surface area contributed by atoms with Crippen molar-refractivity contribution in [3.63, 3.8) is 0 Å². The summed E-state index contributed by atoms with van der Waals surface area (Å²) >= 11 is 0. The third-order valence-corrected chi connectivity index (χ3v) is 5.68. The van der Waals surface area contributed by atoms with Gasteiger partial charge in [0.15, 0.2) is 6.10 Å². The topological polar surface area (TPSA) is 94.4 Å². The van der Waals surface area contributed by atoms with Gasteiger partial charge in [-0.2, -0.15) is 5.26 Å². The monoisotopic (exact) mass is 394 g/mol. The van der Waals surface area contributed by atoms with Crippen molar-refractivity contribution < 1.29 is 9.53 Å². The van der Waals surface area contributed by atoms with Crippen LogP contribution in [0.4, 0.5) is 5.69 Å². The molecule has 2 aliphatic heterocycles. The van der Waals surface area contributed by atoms with E-state index < -0.39 is 6.10 Å². The Hall–Kier alpha value is -2.76. The lowest BCUT2D eigenvalue weighted by atomic mass is 10.0. The molecule has 2 aliphatic rings. The first-order valence-corrected chi connectivity index (χ1v) is 10.1. The van der Waals surface area contributed by atoms with Crippen molar-refractivity contribution in [2.24, 2.45) is 0 Å². The number of anilines is 1. The molecule has 152 valence electrons. The third kappa shape index (κ3) is 4.16. The van der Waals surface area contributed by atoms with E-state index in [4.69, 9.17) is 4.74 Å². The van der Waals surface area contributed by atoms with Gasteiger partial charge in [-0.3, -0.25) is 14.8 Å². The van der Waals surface area contributed by atoms with Crippen molar-refractivity contribution >= 4 is 22.6 Å². The van der Waals surface area contributed by atoms with E-state index >= 15 is 0 Å². The van der Waals surface area contributed by atoms with Crippen LogP contribution in [0.5, 0.6) is 0 Å². The SMILES string of the molecule is CC1CN(c2ccc(C#N)c3nccnc23)CC(C(=O)NC2CCN(C)CC2)O1. The van der Waals surface area contributed by atoms with Gasteiger partial charge >= 0.3 is 0 Å². The summed E-state index contributed by atoms with van der Waals surface area (Å²) in [5.41, 5.74) is 2.63. The zero-order chi connectivity index (χ0) is 20.4. The van der Waals surface area contributed by atoms with Crippen LogP contribution in [0.2, 0.25) is 0 Å². The Morgan fingerprint density at radius 3 is 2.66 bits per heavy atom. The molecule has 1 aromatic heterocycles. The second kappa shape index (κ2) is 8.31. The molecule has 0 aliphatic carbocycles. The number of nitrogens with zero attached hydrogens (tertiary/aromatic N) is 5. The Balaban J connectivity index is 1.53. The van der Waals surface area contributed by atoms with Gasteiger partial charge in [0.05, 0.1) is 23.9 Å². The highest BCUT2D eigenvalue weighted by Crippen LogP contribution is 2.29. The molecule has 29 heavy (non-hydrogen) atoms. The van der Waals surface area contributed by atoms with Gasteiger partial charge in [-0.1, -0.05) is 0 Å². The van der Waals surface area contributed by atoms with Gasteiger partial charge in [0, 0.05) is 25.0 Å². The first-order valence-electron chi connectivity index (χ1n) is 10.1. The number of benzene rings is 1. The maximum atomic E-state index is 12.9. The molecule has 1 N–H and O–H groups in total. The minimum absolute atomic E-state index is 0.0554. The molecule has 0 saturated carbocycles. The molecule has 0 bridgehead atoms. The maximum absolute atomic E-state index is 12.9. The maximum Gasteiger partial charge on any atom is 0.251 e. The number of carbonyl (C=O) groups is 1. The van der Waals surface area contributed by atoms with Crippen LogP contribution in [0.1, 0.15) is 25.3 Å². The number of nitrogens with one attached hydrogen (secondary N) is 1. The van der Waals surface area contributed by atoms with Gasteiger partial charge < -0.3 is 19.9 Å². The normalized spacial score (nSPS) is 23.7. The van der Waals surface area contributed by atoms with Gasteiger partial charge in [0.1, 0.15) is 17.1 Å². The van der Waals surface area contributed by atoms with Crippen LogP contribution in [0, 0.1) is 11.3 Å². The zero-order valence-electron chi connectivity index (χ0n) is 16.8. The van der Waals surface area contributed by atoms with Crippen molar-refractivity contribution in [3.8, 4) is 6.07 Å². The number of hydrogen-bond acceptors (Lipinski definition) is 7. The van der Waals surface area contributed by atoms with Crippen molar-refractivity contribution in [2.75, 3.05) is 38.1 Å². The number of aromatic nitrogens is 2. The van der Waals surface area contributed by atoms with Crippen LogP contribution in [0.25, 0.3) is 11.0 Å². The summed E-state index contributed by atoms with van der Waals surface area (Å²) in [4.78, 5) is 26.1. The summed E-state index contributed by atoms with van der Waals surface area (Å²) in [6.45, 7) is 5.05. The summed E-state index contributed by atoms with van der Waals surface area (Å²) in [5, 5.41) is 12.5. The standard InChI is InChI=1S/C21H26N6O2/c1-14-12-27(17-4-3-15(11-22)19-20(17)24-8-7-23-19)13-18(29-14)21(28)25-16-5-9-26(2)10-6-16/h3-4,7-8,14,16,18H,5-6,9-10,12-13H2,1-2H3,(H,25,28). The lowest BCUT2D eigenvalue weighted by Crippen LogP contribution is -2.55. The number of nitriles is 1. The fraction of sp³-hybridized carbons (Fsp3) is 0.524. The Labute approximate surface area is 170 Å². The lowest BCUT2D eigenvalue weighted by Gasteiger charge is -2.38. The Kier molecular flexibility index (Phi) is 5.60. The van der Waals surface area contributed by atoms with Gasteiger partial charge in [0.2, 0.25) is 0 Å². The Bertz CT molecular complexity index is 934. The summed E-state index contributed by atoms with van der Waals surface area (Å²) in [6, 6.07) is 6.03. The number of hydrogen-bond donors (Lipinski definition) is 1. The lowest BCUT2D eigenvalue weighted by molar-refractivity contribution is -0.138. The van der Waals surface area contributed by atoms with Crippen LogP contribution >= 0.6 is 0 Å². The van der Waals surface area contributed by atoms with E-state index in [2.05, 4.69) is 38.2 Å². The van der Waals surface area contributed by atoms with Crippen LogP contribution < -0.4 is 10.2 Å². The molecule has 0 spiro atoms. The predicted octanol–water partition coefficient (Wildman–Crippen LogP) is 1.31. The zero-order valence-corrected chi connectivity index (χ0v) is 16.8. The van der Waals surface area contributed by atoms with Crippen molar-refractivity contribution in [1.82, 2.24) is 20.2 Å². The summed E-state index contributed by atoms with van der Waals surface area (Å²) in [6.07, 6.45) is 4.50. The van der Waals surface area contributed by atoms with Crippen LogP contribution in [0.3, 0.4) is 0 Å². The molecule has 2 unspecified atom stereocenters. The predicted molar refractivity (Wildman–Crippen MR) is 109 cm³/mol. The van der Waals surface area contributed by atoms with Gasteiger partial charge in [0.25, 0.3) is 5.91 Å². The molecular weight excluding hydrogens is 368 g/mol. The smallest absolute Gasteiger partial charge is 0.251 e. The van der Waals surface area contributed by atoms with Gasteiger partial charge in [-0.05, 0) is 52.0 Å². The number of ether oxygens (including phenoxy) is 1. The number of likely N-dealkylation sites (tertiary alicyclic amines) is 1. The second-order valence-electron chi connectivity index (χ2n) is 7.92. The summed E-state index contributed by atoms with van der Waals surface area (Å²) < 4.78 is 5.97. The van der Waals surface area contributed by atoms with E-state index in [9.17, 15) is 10.1 Å². The quantitative estimate of drug-likeness (QED) is 0.839. The number of carbonyl (C=O) groups excluding carboxylic acids is 1. The highest BCUT2D eigenvalue weighted by atomic mass is 16.5. The highest BCUT2D eigenvalue weighted by molar-refractivity contribution is 5.92. The van der Waals surface area contributed by atoms with E-state index in [0.29, 0.717) is 29.7 Å². The molecular formula is C21H26N6O2. The minimum Gasteiger partial charge on any atom is -0.364 e. The number of rotatable bonds is 3. The number of morpholine rings is 1. The van der Waals surface area contributed by atoms with Crippen molar-refractivity contribution in [3.05, 3.63) is 30.1 Å². The number of amides is 1. The van der Waals surface area contributed by atoms with Crippen LogP contribution in [-0.2, 0) is 9.53 Å². The molecule has 1 aromatic carbocycles. The molecule has 8 heteroatoms.